The van der Waals surface area contributed by atoms with E-state index in [0.29, 0.717) is 30.7 Å². The van der Waals surface area contributed by atoms with Crippen LogP contribution < -0.4 is 15.4 Å². The van der Waals surface area contributed by atoms with E-state index in [1.807, 2.05) is 0 Å². The summed E-state index contributed by atoms with van der Waals surface area (Å²) in [5.74, 6) is -0.974. The quantitative estimate of drug-likeness (QED) is 0.354. The second-order valence-electron chi connectivity index (χ2n) is 8.15. The molecule has 2 N–H and O–H groups in total. The molecule has 0 aliphatic heterocycles. The van der Waals surface area contributed by atoms with E-state index in [1.54, 1.807) is 17.5 Å². The topological polar surface area (TPSA) is 123 Å². The van der Waals surface area contributed by atoms with Gasteiger partial charge in [0.05, 0.1) is 4.92 Å². The van der Waals surface area contributed by atoms with Crippen molar-refractivity contribution in [2.75, 3.05) is 0 Å². The molecule has 0 unspecified atom stereocenters. The molecule has 0 bridgehead atoms. The summed E-state index contributed by atoms with van der Waals surface area (Å²) in [5, 5.41) is 19.0. The zero-order valence-corrected chi connectivity index (χ0v) is 19.4. The number of aromatic nitrogens is 1. The molecular formula is C24H23FN4O5S. The molecule has 1 heterocycles. The number of hydrogen-bond donors (Lipinski definition) is 2. The van der Waals surface area contributed by atoms with Gasteiger partial charge < -0.3 is 15.4 Å². The maximum atomic E-state index is 13.7. The van der Waals surface area contributed by atoms with Crippen molar-refractivity contribution >= 4 is 28.8 Å². The number of carbonyl (C=O) groups excluding carboxylic acids is 2. The van der Waals surface area contributed by atoms with Gasteiger partial charge in [0, 0.05) is 35.2 Å². The number of nitro benzene ring substituents is 1. The minimum absolute atomic E-state index is 0.0479. The first kappa shape index (κ1) is 24.3. The van der Waals surface area contributed by atoms with Crippen molar-refractivity contribution < 1.29 is 23.6 Å². The minimum atomic E-state index is -0.536. The highest BCUT2D eigenvalue weighted by molar-refractivity contribution is 7.09. The zero-order valence-electron chi connectivity index (χ0n) is 18.6. The van der Waals surface area contributed by atoms with E-state index in [2.05, 4.69) is 15.6 Å². The molecule has 1 aliphatic rings. The van der Waals surface area contributed by atoms with E-state index >= 15 is 0 Å². The van der Waals surface area contributed by atoms with Crippen LogP contribution in [-0.4, -0.2) is 33.8 Å². The summed E-state index contributed by atoms with van der Waals surface area (Å²) >= 11 is 1.26. The molecule has 0 saturated heterocycles. The summed E-state index contributed by atoms with van der Waals surface area (Å²) in [6, 6.07) is 11.6. The molecular weight excluding hydrogens is 475 g/mol. The lowest BCUT2D eigenvalue weighted by molar-refractivity contribution is -0.384. The van der Waals surface area contributed by atoms with Crippen LogP contribution in [0.15, 0.2) is 53.9 Å². The fraction of sp³-hybridized carbons (Fsp3) is 0.292. The lowest BCUT2D eigenvalue weighted by Gasteiger charge is -2.29. The number of amides is 2. The number of non-ortho nitro benzene ring substituents is 1. The van der Waals surface area contributed by atoms with Gasteiger partial charge in [0.25, 0.3) is 17.5 Å². The Hall–Kier alpha value is -3.86. The van der Waals surface area contributed by atoms with Crippen LogP contribution in [0.25, 0.3) is 0 Å². The molecule has 2 amide bonds. The van der Waals surface area contributed by atoms with Crippen molar-refractivity contribution in [1.82, 2.24) is 15.6 Å². The van der Waals surface area contributed by atoms with E-state index < -0.39 is 10.7 Å². The van der Waals surface area contributed by atoms with E-state index in [4.69, 9.17) is 4.74 Å². The normalized spacial score (nSPS) is 17.4. The molecule has 11 heteroatoms. The van der Waals surface area contributed by atoms with Crippen LogP contribution in [0.4, 0.5) is 10.1 Å². The van der Waals surface area contributed by atoms with Crippen molar-refractivity contribution in [2.45, 2.75) is 44.4 Å². The molecule has 4 rings (SSSR count). The molecule has 9 nitrogen and oxygen atoms in total. The van der Waals surface area contributed by atoms with Crippen LogP contribution in [0, 0.1) is 15.9 Å². The average Bonchev–Trinajstić information content (AvgIpc) is 3.34. The molecule has 35 heavy (non-hydrogen) atoms. The third-order valence-electron chi connectivity index (χ3n) is 5.69. The van der Waals surface area contributed by atoms with Crippen molar-refractivity contribution in [3.8, 4) is 5.75 Å². The maximum Gasteiger partial charge on any atom is 0.270 e. The van der Waals surface area contributed by atoms with Gasteiger partial charge in [-0.2, -0.15) is 0 Å². The first-order valence-electron chi connectivity index (χ1n) is 11.1. The van der Waals surface area contributed by atoms with E-state index in [-0.39, 0.29) is 53.2 Å². The SMILES string of the molecule is O=C(NC1CCC(NC(=O)c2csc(COc3ccccc3F)n2)CC1)c1cccc([N+](=O)[O-])c1. The number of hydrogen-bond acceptors (Lipinski definition) is 7. The van der Waals surface area contributed by atoms with Gasteiger partial charge in [-0.15, -0.1) is 11.3 Å². The Morgan fingerprint density at radius 2 is 1.74 bits per heavy atom. The highest BCUT2D eigenvalue weighted by Gasteiger charge is 2.25. The second-order valence-corrected chi connectivity index (χ2v) is 9.09. The lowest BCUT2D eigenvalue weighted by Crippen LogP contribution is -2.43. The number of nitrogens with zero attached hydrogens (tertiary/aromatic N) is 2. The minimum Gasteiger partial charge on any atom is -0.483 e. The molecule has 2 aromatic carbocycles. The Bertz CT molecular complexity index is 1230. The number of benzene rings is 2. The number of carbonyl (C=O) groups is 2. The Labute approximate surface area is 204 Å². The molecule has 0 spiro atoms. The fourth-order valence-electron chi connectivity index (χ4n) is 3.85. The largest absolute Gasteiger partial charge is 0.483 e. The van der Waals surface area contributed by atoms with Crippen LogP contribution in [0.2, 0.25) is 0 Å². The van der Waals surface area contributed by atoms with Crippen LogP contribution in [-0.2, 0) is 6.61 Å². The third kappa shape index (κ3) is 6.38. The van der Waals surface area contributed by atoms with Crippen LogP contribution in [0.3, 0.4) is 0 Å². The lowest BCUT2D eigenvalue weighted by atomic mass is 9.91. The highest BCUT2D eigenvalue weighted by atomic mass is 32.1. The van der Waals surface area contributed by atoms with Gasteiger partial charge in [0.1, 0.15) is 17.3 Å². The number of halogens is 1. The van der Waals surface area contributed by atoms with Crippen LogP contribution in [0.1, 0.15) is 51.5 Å². The van der Waals surface area contributed by atoms with Crippen LogP contribution >= 0.6 is 11.3 Å². The van der Waals surface area contributed by atoms with Gasteiger partial charge in [-0.25, -0.2) is 9.37 Å². The summed E-state index contributed by atoms with van der Waals surface area (Å²) in [5.41, 5.74) is 0.393. The maximum absolute atomic E-state index is 13.7. The highest BCUT2D eigenvalue weighted by Crippen LogP contribution is 2.22. The number of thiazole rings is 1. The van der Waals surface area contributed by atoms with Crippen LogP contribution in [0.5, 0.6) is 5.75 Å². The summed E-state index contributed by atoms with van der Waals surface area (Å²) in [7, 11) is 0. The molecule has 1 aromatic heterocycles. The van der Waals surface area contributed by atoms with Gasteiger partial charge in [0.2, 0.25) is 0 Å². The van der Waals surface area contributed by atoms with Gasteiger partial charge >= 0.3 is 0 Å². The first-order valence-corrected chi connectivity index (χ1v) is 11.9. The Morgan fingerprint density at radius 1 is 1.06 bits per heavy atom. The van der Waals surface area contributed by atoms with Crippen molar-refractivity contribution in [3.05, 3.63) is 86.1 Å². The summed E-state index contributed by atoms with van der Waals surface area (Å²) in [6.45, 7) is 0.0637. The smallest absolute Gasteiger partial charge is 0.270 e. The first-order chi connectivity index (χ1) is 16.9. The Kier molecular flexibility index (Phi) is 7.66. The van der Waals surface area contributed by atoms with E-state index in [0.717, 1.165) is 0 Å². The Balaban J connectivity index is 1.23. The molecule has 1 aliphatic carbocycles. The van der Waals surface area contributed by atoms with Crippen molar-refractivity contribution in [2.24, 2.45) is 0 Å². The van der Waals surface area contributed by atoms with E-state index in [9.17, 15) is 24.1 Å². The zero-order chi connectivity index (χ0) is 24.8. The molecule has 0 atom stereocenters. The molecule has 3 aromatic rings. The molecule has 0 radical (unpaired) electrons. The fourth-order valence-corrected chi connectivity index (χ4v) is 4.54. The van der Waals surface area contributed by atoms with Gasteiger partial charge in [-0.1, -0.05) is 18.2 Å². The Morgan fingerprint density at radius 3 is 2.43 bits per heavy atom. The number of nitro groups is 1. The predicted octanol–water partition coefficient (Wildman–Crippen LogP) is 4.24. The molecule has 1 saturated carbocycles. The number of nitrogens with one attached hydrogen (secondary N) is 2. The second kappa shape index (κ2) is 11.0. The van der Waals surface area contributed by atoms with Gasteiger partial charge in [0.15, 0.2) is 11.6 Å². The summed E-state index contributed by atoms with van der Waals surface area (Å²) in [4.78, 5) is 39.7. The van der Waals surface area contributed by atoms with Gasteiger partial charge in [-0.05, 0) is 43.9 Å². The predicted molar refractivity (Wildman–Crippen MR) is 127 cm³/mol. The molecule has 1 fully saturated rings. The summed E-state index contributed by atoms with van der Waals surface area (Å²) < 4.78 is 19.1. The molecule has 182 valence electrons. The monoisotopic (exact) mass is 498 g/mol. The number of ether oxygens (including phenoxy) is 1. The van der Waals surface area contributed by atoms with Crippen molar-refractivity contribution in [1.29, 1.82) is 0 Å². The van der Waals surface area contributed by atoms with Crippen molar-refractivity contribution in [3.63, 3.8) is 0 Å². The standard InChI is InChI=1S/C24H23FN4O5S/c25-19-6-1-2-7-21(19)34-13-22-28-20(14-35-22)24(31)27-17-10-8-16(9-11-17)26-23(30)15-4-3-5-18(12-15)29(32)33/h1-7,12,14,16-17H,8-11,13H2,(H,26,30)(H,27,31). The summed E-state index contributed by atoms with van der Waals surface area (Å²) in [6.07, 6.45) is 2.70. The van der Waals surface area contributed by atoms with Gasteiger partial charge in [-0.3, -0.25) is 19.7 Å². The van der Waals surface area contributed by atoms with E-state index in [1.165, 1.54) is 47.7 Å². The third-order valence-corrected chi connectivity index (χ3v) is 6.51. The average molecular weight is 499 g/mol. The number of rotatable bonds is 8. The number of para-hydroxylation sites is 1.